The maximum absolute atomic E-state index is 12.5. The summed E-state index contributed by atoms with van der Waals surface area (Å²) in [6.45, 7) is 3.28. The first-order valence-electron chi connectivity index (χ1n) is 11.8. The second-order valence-electron chi connectivity index (χ2n) is 9.01. The Balaban J connectivity index is 0.00000153. The second-order valence-corrected chi connectivity index (χ2v) is 9.01. The standard InChI is InChI=1S/C24H32N6O.2ClH/c31-23-21-22(27-24(28-23)26-19-11-2-1-3-12-19)30(17-25-21)15-7-6-14-29-16-8-10-18-9-4-5-13-20(18)29;;/h1-3,11-12,17-18,20H,4-10,13-16H2,(H2,26,27,28,31);2*1H. The Bertz CT molecular complexity index is 1070. The number of unbranched alkanes of at least 4 members (excludes halogenated alkanes) is 1. The molecule has 2 aliphatic rings. The number of nitrogens with one attached hydrogen (secondary N) is 2. The normalized spacial score (nSPS) is 20.5. The van der Waals surface area contributed by atoms with Crippen LogP contribution in [0.3, 0.4) is 0 Å². The highest BCUT2D eigenvalue weighted by molar-refractivity contribution is 5.85. The smallest absolute Gasteiger partial charge is 0.280 e. The lowest BCUT2D eigenvalue weighted by atomic mass is 9.78. The number of hydrogen-bond acceptors (Lipinski definition) is 5. The van der Waals surface area contributed by atoms with Crippen molar-refractivity contribution in [2.75, 3.05) is 18.4 Å². The topological polar surface area (TPSA) is 78.8 Å². The molecule has 33 heavy (non-hydrogen) atoms. The van der Waals surface area contributed by atoms with Crippen LogP contribution in [-0.4, -0.2) is 43.6 Å². The number of aryl methyl sites for hydroxylation is 1. The molecule has 180 valence electrons. The largest absolute Gasteiger partial charge is 0.326 e. The van der Waals surface area contributed by atoms with E-state index in [1.807, 2.05) is 34.9 Å². The number of fused-ring (bicyclic) bond motifs is 2. The Hall–Kier alpha value is -2.09. The van der Waals surface area contributed by atoms with Gasteiger partial charge in [-0.3, -0.25) is 9.78 Å². The summed E-state index contributed by atoms with van der Waals surface area (Å²) in [7, 11) is 0. The fraction of sp³-hybridized carbons (Fsp3) is 0.542. The van der Waals surface area contributed by atoms with Gasteiger partial charge in [0.2, 0.25) is 5.95 Å². The molecule has 1 aliphatic carbocycles. The summed E-state index contributed by atoms with van der Waals surface area (Å²) in [6, 6.07) is 10.6. The predicted octanol–water partition coefficient (Wildman–Crippen LogP) is 5.14. The van der Waals surface area contributed by atoms with Crippen molar-refractivity contribution in [1.29, 1.82) is 0 Å². The number of benzene rings is 1. The van der Waals surface area contributed by atoms with Crippen LogP contribution in [0, 0.1) is 5.92 Å². The molecule has 2 fully saturated rings. The van der Waals surface area contributed by atoms with Gasteiger partial charge in [-0.05, 0) is 69.7 Å². The van der Waals surface area contributed by atoms with E-state index in [9.17, 15) is 4.79 Å². The number of aromatic amines is 1. The minimum absolute atomic E-state index is 0. The molecule has 1 saturated heterocycles. The SMILES string of the molecule is Cl.Cl.O=c1[nH]c(Nc2ccccc2)nc2c1ncn2CCCCN1CCCC2CCCCC21. The monoisotopic (exact) mass is 492 g/mol. The average Bonchev–Trinajstić information content (AvgIpc) is 3.21. The molecule has 0 spiro atoms. The van der Waals surface area contributed by atoms with Crippen molar-refractivity contribution >= 4 is 47.6 Å². The summed E-state index contributed by atoms with van der Waals surface area (Å²) in [5.41, 5.74) is 1.73. The highest BCUT2D eigenvalue weighted by atomic mass is 35.5. The van der Waals surface area contributed by atoms with Gasteiger partial charge in [0, 0.05) is 18.3 Å². The van der Waals surface area contributed by atoms with E-state index in [-0.39, 0.29) is 30.4 Å². The Morgan fingerprint density at radius 3 is 2.61 bits per heavy atom. The van der Waals surface area contributed by atoms with E-state index in [0.29, 0.717) is 17.1 Å². The number of hydrogen-bond donors (Lipinski definition) is 2. The Morgan fingerprint density at radius 2 is 1.76 bits per heavy atom. The van der Waals surface area contributed by atoms with Crippen LogP contribution in [0.1, 0.15) is 51.4 Å². The van der Waals surface area contributed by atoms with Crippen molar-refractivity contribution < 1.29 is 0 Å². The molecular formula is C24H34Cl2N6O. The summed E-state index contributed by atoms with van der Waals surface area (Å²) in [6.07, 6.45) is 12.4. The zero-order chi connectivity index (χ0) is 21.0. The molecule has 0 radical (unpaired) electrons. The Labute approximate surface area is 207 Å². The van der Waals surface area contributed by atoms with Gasteiger partial charge in [-0.15, -0.1) is 24.8 Å². The van der Waals surface area contributed by atoms with Crippen LogP contribution in [0.25, 0.3) is 11.2 Å². The summed E-state index contributed by atoms with van der Waals surface area (Å²) >= 11 is 0. The molecule has 5 rings (SSSR count). The zero-order valence-electron chi connectivity index (χ0n) is 18.9. The third-order valence-electron chi connectivity index (χ3n) is 6.96. The first-order chi connectivity index (χ1) is 15.3. The average molecular weight is 493 g/mol. The molecule has 2 N–H and O–H groups in total. The number of para-hydroxylation sites is 1. The minimum atomic E-state index is -0.209. The number of H-pyrrole nitrogens is 1. The quantitative estimate of drug-likeness (QED) is 0.446. The summed E-state index contributed by atoms with van der Waals surface area (Å²) in [5, 5.41) is 3.18. The van der Waals surface area contributed by atoms with Gasteiger partial charge in [0.25, 0.3) is 5.56 Å². The number of nitrogens with zero attached hydrogens (tertiary/aromatic N) is 4. The molecule has 0 amide bonds. The number of imidazole rings is 1. The zero-order valence-corrected chi connectivity index (χ0v) is 20.5. The molecule has 0 bridgehead atoms. The third-order valence-corrected chi connectivity index (χ3v) is 6.96. The lowest BCUT2D eigenvalue weighted by molar-refractivity contribution is 0.0594. The summed E-state index contributed by atoms with van der Waals surface area (Å²) in [4.78, 5) is 26.9. The van der Waals surface area contributed by atoms with Gasteiger partial charge in [0.1, 0.15) is 0 Å². The Kier molecular flexibility index (Phi) is 9.18. The van der Waals surface area contributed by atoms with Crippen LogP contribution in [-0.2, 0) is 6.54 Å². The molecule has 1 aliphatic heterocycles. The fourth-order valence-electron chi connectivity index (χ4n) is 5.44. The molecule has 7 nitrogen and oxygen atoms in total. The molecule has 2 unspecified atom stereocenters. The van der Waals surface area contributed by atoms with Crippen LogP contribution >= 0.6 is 24.8 Å². The lowest BCUT2D eigenvalue weighted by Gasteiger charge is -2.44. The van der Waals surface area contributed by atoms with Crippen molar-refractivity contribution in [3.63, 3.8) is 0 Å². The van der Waals surface area contributed by atoms with Gasteiger partial charge in [-0.25, -0.2) is 4.98 Å². The molecule has 1 saturated carbocycles. The van der Waals surface area contributed by atoms with E-state index >= 15 is 0 Å². The number of likely N-dealkylation sites (tertiary alicyclic amines) is 1. The maximum atomic E-state index is 12.5. The molecule has 2 atom stereocenters. The second kappa shape index (κ2) is 11.9. The number of halogens is 2. The van der Waals surface area contributed by atoms with Gasteiger partial charge < -0.3 is 14.8 Å². The van der Waals surface area contributed by atoms with E-state index in [1.54, 1.807) is 6.33 Å². The highest BCUT2D eigenvalue weighted by Crippen LogP contribution is 2.35. The molecule has 9 heteroatoms. The molecule has 2 aromatic heterocycles. The molecule has 1 aromatic carbocycles. The molecule has 3 heterocycles. The number of piperidine rings is 1. The minimum Gasteiger partial charge on any atom is -0.326 e. The van der Waals surface area contributed by atoms with Crippen molar-refractivity contribution in [1.82, 2.24) is 24.4 Å². The van der Waals surface area contributed by atoms with Gasteiger partial charge in [-0.1, -0.05) is 31.0 Å². The van der Waals surface area contributed by atoms with Crippen molar-refractivity contribution in [3.05, 3.63) is 47.0 Å². The van der Waals surface area contributed by atoms with E-state index in [0.717, 1.165) is 30.6 Å². The van der Waals surface area contributed by atoms with E-state index in [2.05, 4.69) is 25.2 Å². The first-order valence-corrected chi connectivity index (χ1v) is 11.8. The van der Waals surface area contributed by atoms with E-state index < -0.39 is 0 Å². The van der Waals surface area contributed by atoms with Crippen molar-refractivity contribution in [2.45, 2.75) is 64.0 Å². The van der Waals surface area contributed by atoms with Crippen molar-refractivity contribution in [2.24, 2.45) is 5.92 Å². The third kappa shape index (κ3) is 5.89. The van der Waals surface area contributed by atoms with Crippen LogP contribution in [0.2, 0.25) is 0 Å². The van der Waals surface area contributed by atoms with Gasteiger partial charge in [0.05, 0.1) is 6.33 Å². The maximum Gasteiger partial charge on any atom is 0.280 e. The number of aromatic nitrogens is 4. The highest BCUT2D eigenvalue weighted by Gasteiger charge is 2.32. The summed E-state index contributed by atoms with van der Waals surface area (Å²) < 4.78 is 2.01. The fourth-order valence-corrected chi connectivity index (χ4v) is 5.44. The van der Waals surface area contributed by atoms with E-state index in [4.69, 9.17) is 0 Å². The number of anilines is 2. The van der Waals surface area contributed by atoms with Crippen LogP contribution in [0.5, 0.6) is 0 Å². The molecule has 3 aromatic rings. The first kappa shape index (κ1) is 25.5. The van der Waals surface area contributed by atoms with Gasteiger partial charge >= 0.3 is 0 Å². The Morgan fingerprint density at radius 1 is 1.00 bits per heavy atom. The van der Waals surface area contributed by atoms with Gasteiger partial charge in [0.15, 0.2) is 11.2 Å². The lowest BCUT2D eigenvalue weighted by Crippen LogP contribution is -2.47. The van der Waals surface area contributed by atoms with Gasteiger partial charge in [-0.2, -0.15) is 4.98 Å². The predicted molar refractivity (Wildman–Crippen MR) is 138 cm³/mol. The van der Waals surface area contributed by atoms with Crippen LogP contribution in [0.15, 0.2) is 41.5 Å². The van der Waals surface area contributed by atoms with Crippen LogP contribution < -0.4 is 10.9 Å². The summed E-state index contributed by atoms with van der Waals surface area (Å²) in [5.74, 6) is 1.38. The number of rotatable bonds is 7. The van der Waals surface area contributed by atoms with E-state index in [1.165, 1.54) is 58.0 Å². The van der Waals surface area contributed by atoms with Crippen molar-refractivity contribution in [3.8, 4) is 0 Å². The van der Waals surface area contributed by atoms with Crippen LogP contribution in [0.4, 0.5) is 11.6 Å². The molecular weight excluding hydrogens is 459 g/mol.